The fourth-order valence-corrected chi connectivity index (χ4v) is 9.36. The van der Waals surface area contributed by atoms with Gasteiger partial charge in [-0.25, -0.2) is 0 Å². The Morgan fingerprint density at radius 3 is 1.00 bits per heavy atom. The predicted octanol–water partition coefficient (Wildman–Crippen LogP) is 17.8. The molecule has 0 aliphatic carbocycles. The molecule has 0 nitrogen and oxygen atoms in total. The third kappa shape index (κ3) is 8.32. The average molecular weight is 839 g/mol. The molecule has 0 saturated heterocycles. The van der Waals surface area contributed by atoms with Crippen molar-refractivity contribution in [3.05, 3.63) is 298 Å². The Kier molecular flexibility index (Phi) is 11.1. The van der Waals surface area contributed by atoms with Gasteiger partial charge in [-0.1, -0.05) is 243 Å². The maximum absolute atomic E-state index is 2.36. The van der Waals surface area contributed by atoms with E-state index in [1.165, 1.54) is 76.5 Å². The van der Waals surface area contributed by atoms with Gasteiger partial charge in [0.05, 0.1) is 0 Å². The van der Waals surface area contributed by atoms with Gasteiger partial charge in [-0.15, -0.1) is 0 Å². The van der Waals surface area contributed by atoms with Gasteiger partial charge < -0.3 is 0 Å². The number of hydrogen-bond acceptors (Lipinski definition) is 0. The zero-order valence-corrected chi connectivity index (χ0v) is 36.6. The number of benzene rings is 11. The zero-order chi connectivity index (χ0) is 44.1. The molecule has 0 amide bonds. The van der Waals surface area contributed by atoms with E-state index in [4.69, 9.17) is 0 Å². The van der Waals surface area contributed by atoms with E-state index >= 15 is 0 Å². The highest BCUT2D eigenvalue weighted by molar-refractivity contribution is 6.06. The van der Waals surface area contributed by atoms with Crippen molar-refractivity contribution in [2.45, 2.75) is 0 Å². The normalized spacial score (nSPS) is 12.3. The van der Waals surface area contributed by atoms with Crippen LogP contribution in [0, 0.1) is 0 Å². The first-order valence-electron chi connectivity index (χ1n) is 22.7. The van der Waals surface area contributed by atoms with Crippen LogP contribution in [0.5, 0.6) is 0 Å². The van der Waals surface area contributed by atoms with E-state index in [0.717, 1.165) is 33.4 Å². The van der Waals surface area contributed by atoms with Crippen LogP contribution in [0.25, 0.3) is 90.7 Å². The first kappa shape index (κ1) is 40.2. The van der Waals surface area contributed by atoms with Crippen molar-refractivity contribution >= 4 is 90.7 Å². The molecule has 0 spiro atoms. The number of rotatable bonds is 10. The Hall–Kier alpha value is -8.58. The van der Waals surface area contributed by atoms with E-state index in [0.29, 0.717) is 0 Å². The molecular weight excluding hydrogens is 793 g/mol. The van der Waals surface area contributed by atoms with Gasteiger partial charge in [-0.2, -0.15) is 0 Å². The maximum atomic E-state index is 2.36. The summed E-state index contributed by atoms with van der Waals surface area (Å²) in [6, 6.07) is 87.5. The molecule has 11 aromatic carbocycles. The smallest absolute Gasteiger partial charge is 0.00990 e. The summed E-state index contributed by atoms with van der Waals surface area (Å²) in [7, 11) is 0. The summed E-state index contributed by atoms with van der Waals surface area (Å²) in [6.07, 6.45) is 13.9. The highest BCUT2D eigenvalue weighted by Crippen LogP contribution is 2.36. The van der Waals surface area contributed by atoms with Crippen molar-refractivity contribution in [2.75, 3.05) is 0 Å². The van der Waals surface area contributed by atoms with Crippen LogP contribution >= 0.6 is 0 Å². The Balaban J connectivity index is 1.03. The minimum Gasteiger partial charge on any atom is -0.0622 e. The van der Waals surface area contributed by atoms with Crippen molar-refractivity contribution in [3.63, 3.8) is 0 Å². The first-order chi connectivity index (χ1) is 32.7. The molecule has 0 bridgehead atoms. The third-order valence-corrected chi connectivity index (χ3v) is 12.7. The summed E-state index contributed by atoms with van der Waals surface area (Å²) in [6.45, 7) is 0. The molecule has 0 radical (unpaired) electrons. The van der Waals surface area contributed by atoms with Crippen molar-refractivity contribution in [1.82, 2.24) is 0 Å². The van der Waals surface area contributed by atoms with Crippen molar-refractivity contribution in [1.29, 1.82) is 0 Å². The van der Waals surface area contributed by atoms with E-state index in [9.17, 15) is 0 Å². The topological polar surface area (TPSA) is 0 Å². The summed E-state index contributed by atoms with van der Waals surface area (Å²) in [5.41, 5.74) is 14.1. The lowest BCUT2D eigenvalue weighted by Crippen LogP contribution is -1.91. The lowest BCUT2D eigenvalue weighted by molar-refractivity contribution is 1.56. The van der Waals surface area contributed by atoms with Crippen LogP contribution < -0.4 is 0 Å². The lowest BCUT2D eigenvalue weighted by Gasteiger charge is -2.14. The quantitative estimate of drug-likeness (QED) is 0.0951. The van der Waals surface area contributed by atoms with Crippen LogP contribution in [0.2, 0.25) is 0 Å². The Bertz CT molecular complexity index is 3420. The fourth-order valence-electron chi connectivity index (χ4n) is 9.36. The molecule has 0 N–H and O–H groups in total. The van der Waals surface area contributed by atoms with Crippen LogP contribution in [0.4, 0.5) is 0 Å². The summed E-state index contributed by atoms with van der Waals surface area (Å²) in [4.78, 5) is 0. The van der Waals surface area contributed by atoms with E-state index in [1.807, 2.05) is 0 Å². The van der Waals surface area contributed by atoms with Crippen molar-refractivity contribution in [3.8, 4) is 0 Å². The first-order valence-corrected chi connectivity index (χ1v) is 22.7. The molecule has 0 unspecified atom stereocenters. The molecule has 0 fully saturated rings. The number of hydrogen-bond donors (Lipinski definition) is 0. The van der Waals surface area contributed by atoms with Gasteiger partial charge in [-0.3, -0.25) is 0 Å². The van der Waals surface area contributed by atoms with E-state index in [1.54, 1.807) is 0 Å². The zero-order valence-electron chi connectivity index (χ0n) is 36.6. The summed E-state index contributed by atoms with van der Waals surface area (Å²) >= 11 is 0. The van der Waals surface area contributed by atoms with Crippen LogP contribution in [0.15, 0.2) is 243 Å². The van der Waals surface area contributed by atoms with Gasteiger partial charge in [0.1, 0.15) is 0 Å². The minimum absolute atomic E-state index is 1.15. The molecule has 0 heterocycles. The molecule has 0 aromatic heterocycles. The van der Waals surface area contributed by atoms with Gasteiger partial charge in [0, 0.05) is 0 Å². The molecule has 66 heavy (non-hydrogen) atoms. The van der Waals surface area contributed by atoms with Gasteiger partial charge in [0.15, 0.2) is 0 Å². The highest BCUT2D eigenvalue weighted by atomic mass is 14.2. The Labute approximate surface area is 387 Å². The SMILES string of the molecule is C(=Cc1ccccc1/C=C(\c1ccccc1)c1cccc2ccccc12)c1cc2cc3ccccc3cc2cc1C=Cc1ccccc1/C=C(\c1ccccc1)c1cccc2ccccc12. The van der Waals surface area contributed by atoms with Crippen LogP contribution in [-0.4, -0.2) is 0 Å². The molecule has 0 heteroatoms. The Morgan fingerprint density at radius 1 is 0.227 bits per heavy atom. The van der Waals surface area contributed by atoms with Crippen LogP contribution in [-0.2, 0) is 0 Å². The largest absolute Gasteiger partial charge is 0.0622 e. The molecule has 310 valence electrons. The van der Waals surface area contributed by atoms with Crippen molar-refractivity contribution in [2.24, 2.45) is 0 Å². The minimum atomic E-state index is 1.15. The molecule has 11 rings (SSSR count). The van der Waals surface area contributed by atoms with Crippen molar-refractivity contribution < 1.29 is 0 Å². The van der Waals surface area contributed by atoms with E-state index < -0.39 is 0 Å². The second kappa shape index (κ2) is 18.3. The lowest BCUT2D eigenvalue weighted by atomic mass is 9.90. The summed E-state index contributed by atoms with van der Waals surface area (Å²) < 4.78 is 0. The maximum Gasteiger partial charge on any atom is -0.00990 e. The Morgan fingerprint density at radius 2 is 0.561 bits per heavy atom. The standard InChI is InChI=1S/C66H46/c1-3-21-51(22-4-1)65(63-35-17-31-49-25-13-15-33-61(49)63)45-55-29-9-7-19-47(55)37-39-57-43-59-41-53-27-11-12-28-54(53)42-60(59)44-58(57)40-38-48-20-8-10-30-56(48)46-66(52-23-5-2-6-24-52)64-36-18-32-50-26-14-16-34-62(50)64/h1-46H/b39-37?,40-38?,65-45+,66-46+. The third-order valence-electron chi connectivity index (χ3n) is 12.7. The highest BCUT2D eigenvalue weighted by Gasteiger charge is 2.13. The second-order valence-electron chi connectivity index (χ2n) is 16.9. The predicted molar refractivity (Wildman–Crippen MR) is 287 cm³/mol. The molecule has 0 atom stereocenters. The van der Waals surface area contributed by atoms with Gasteiger partial charge in [-0.05, 0) is 146 Å². The summed E-state index contributed by atoms with van der Waals surface area (Å²) in [5.74, 6) is 0. The fraction of sp³-hybridized carbons (Fsp3) is 0. The number of fused-ring (bicyclic) bond motifs is 4. The monoisotopic (exact) mass is 838 g/mol. The van der Waals surface area contributed by atoms with Gasteiger partial charge in [0.2, 0.25) is 0 Å². The van der Waals surface area contributed by atoms with Crippen LogP contribution in [0.1, 0.15) is 55.6 Å². The van der Waals surface area contributed by atoms with Gasteiger partial charge >= 0.3 is 0 Å². The van der Waals surface area contributed by atoms with E-state index in [2.05, 4.69) is 279 Å². The molecule has 0 saturated carbocycles. The molecule has 0 aliphatic heterocycles. The summed E-state index contributed by atoms with van der Waals surface area (Å²) in [5, 5.41) is 9.85. The average Bonchev–Trinajstić information content (AvgIpc) is 3.38. The molecule has 0 aliphatic rings. The van der Waals surface area contributed by atoms with Gasteiger partial charge in [0.25, 0.3) is 0 Å². The second-order valence-corrected chi connectivity index (χ2v) is 16.9. The molecule has 11 aromatic rings. The molecular formula is C66H46. The van der Waals surface area contributed by atoms with E-state index in [-0.39, 0.29) is 0 Å². The van der Waals surface area contributed by atoms with Crippen LogP contribution in [0.3, 0.4) is 0 Å².